The van der Waals surface area contributed by atoms with E-state index >= 15 is 0 Å². The lowest BCUT2D eigenvalue weighted by Gasteiger charge is -2.15. The highest BCUT2D eigenvalue weighted by Gasteiger charge is 2.34. The molecule has 108 valence electrons. The Balaban J connectivity index is 1.49. The van der Waals surface area contributed by atoms with Gasteiger partial charge in [0.2, 0.25) is 0 Å². The van der Waals surface area contributed by atoms with Crippen molar-refractivity contribution in [1.29, 1.82) is 0 Å². The number of carbonyl (C=O) groups excluding carboxylic acids is 1. The molecule has 0 radical (unpaired) electrons. The molecule has 4 heteroatoms. The number of nitrogens with one attached hydrogen (secondary N) is 1. The summed E-state index contributed by atoms with van der Waals surface area (Å²) in [5.41, 5.74) is 1.69. The molecule has 0 spiro atoms. The van der Waals surface area contributed by atoms with Gasteiger partial charge in [0.1, 0.15) is 0 Å². The van der Waals surface area contributed by atoms with Crippen LogP contribution < -0.4 is 5.32 Å². The monoisotopic (exact) mass is 292 g/mol. The van der Waals surface area contributed by atoms with E-state index in [2.05, 4.69) is 10.2 Å². The number of hydrogen-bond donors (Lipinski definition) is 1. The van der Waals surface area contributed by atoms with Gasteiger partial charge < -0.3 is 10.2 Å². The van der Waals surface area contributed by atoms with Crippen molar-refractivity contribution in [3.05, 3.63) is 35.4 Å². The third-order valence-electron chi connectivity index (χ3n) is 4.28. The number of benzene rings is 1. The van der Waals surface area contributed by atoms with Gasteiger partial charge in [0.05, 0.1) is 0 Å². The van der Waals surface area contributed by atoms with Gasteiger partial charge in [-0.3, -0.25) is 4.79 Å². The largest absolute Gasteiger partial charge is 0.352 e. The van der Waals surface area contributed by atoms with Gasteiger partial charge in [0.15, 0.2) is 0 Å². The van der Waals surface area contributed by atoms with Gasteiger partial charge in [-0.1, -0.05) is 12.1 Å². The number of rotatable bonds is 5. The Morgan fingerprint density at radius 3 is 2.95 bits per heavy atom. The number of amides is 1. The number of alkyl halides is 1. The van der Waals surface area contributed by atoms with Crippen LogP contribution >= 0.6 is 11.6 Å². The molecule has 1 aromatic carbocycles. The van der Waals surface area contributed by atoms with E-state index in [0.29, 0.717) is 17.4 Å². The highest BCUT2D eigenvalue weighted by molar-refractivity contribution is 6.17. The lowest BCUT2D eigenvalue weighted by molar-refractivity contribution is 0.0947. The first-order valence-corrected chi connectivity index (χ1v) is 7.97. The standard InChI is InChI=1S/C16H21ClN2O/c17-9-12-2-1-3-14(8-12)16(20)18-10-13-6-7-19(11-13)15-4-5-15/h1-3,8,13,15H,4-7,9-11H2,(H,18,20). The van der Waals surface area contributed by atoms with Crippen molar-refractivity contribution in [3.63, 3.8) is 0 Å². The van der Waals surface area contributed by atoms with Crippen LogP contribution in [0, 0.1) is 5.92 Å². The smallest absolute Gasteiger partial charge is 0.251 e. The van der Waals surface area contributed by atoms with Crippen molar-refractivity contribution in [2.24, 2.45) is 5.92 Å². The zero-order valence-corrected chi connectivity index (χ0v) is 12.4. The summed E-state index contributed by atoms with van der Waals surface area (Å²) in [6.07, 6.45) is 3.94. The van der Waals surface area contributed by atoms with E-state index in [1.807, 2.05) is 24.3 Å². The summed E-state index contributed by atoms with van der Waals surface area (Å²) in [4.78, 5) is 14.7. The third-order valence-corrected chi connectivity index (χ3v) is 4.58. The van der Waals surface area contributed by atoms with Crippen molar-refractivity contribution in [2.45, 2.75) is 31.2 Å². The first kappa shape index (κ1) is 13.9. The quantitative estimate of drug-likeness (QED) is 0.846. The zero-order chi connectivity index (χ0) is 13.9. The zero-order valence-electron chi connectivity index (χ0n) is 11.6. The fourth-order valence-electron chi connectivity index (χ4n) is 2.94. The average Bonchev–Trinajstić information content (AvgIpc) is 3.24. The molecule has 1 heterocycles. The van der Waals surface area contributed by atoms with Gasteiger partial charge in [-0.25, -0.2) is 0 Å². The normalized spacial score (nSPS) is 22.9. The molecular weight excluding hydrogens is 272 g/mol. The molecule has 1 unspecified atom stereocenters. The molecule has 1 N–H and O–H groups in total. The summed E-state index contributed by atoms with van der Waals surface area (Å²) < 4.78 is 0. The molecule has 1 atom stereocenters. The maximum Gasteiger partial charge on any atom is 0.251 e. The van der Waals surface area contributed by atoms with Crippen LogP contribution in [0.1, 0.15) is 35.2 Å². The molecule has 20 heavy (non-hydrogen) atoms. The molecular formula is C16H21ClN2O. The highest BCUT2D eigenvalue weighted by Crippen LogP contribution is 2.31. The molecule has 1 amide bonds. The number of likely N-dealkylation sites (tertiary alicyclic amines) is 1. The molecule has 1 saturated carbocycles. The first-order valence-electron chi connectivity index (χ1n) is 7.43. The molecule has 1 aromatic rings. The Kier molecular flexibility index (Phi) is 4.27. The fourth-order valence-corrected chi connectivity index (χ4v) is 3.10. The Hall–Kier alpha value is -1.06. The maximum atomic E-state index is 12.1. The summed E-state index contributed by atoms with van der Waals surface area (Å²) in [5, 5.41) is 3.06. The van der Waals surface area contributed by atoms with Crippen LogP contribution in [-0.4, -0.2) is 36.5 Å². The molecule has 1 aliphatic heterocycles. The van der Waals surface area contributed by atoms with Crippen LogP contribution in [-0.2, 0) is 5.88 Å². The van der Waals surface area contributed by atoms with Crippen molar-refractivity contribution >= 4 is 17.5 Å². The van der Waals surface area contributed by atoms with Crippen molar-refractivity contribution < 1.29 is 4.79 Å². The van der Waals surface area contributed by atoms with Crippen molar-refractivity contribution in [1.82, 2.24) is 10.2 Å². The molecule has 0 aromatic heterocycles. The van der Waals surface area contributed by atoms with Crippen LogP contribution in [0.15, 0.2) is 24.3 Å². The van der Waals surface area contributed by atoms with Crippen molar-refractivity contribution in [3.8, 4) is 0 Å². The molecule has 3 nitrogen and oxygen atoms in total. The van der Waals surface area contributed by atoms with E-state index in [4.69, 9.17) is 11.6 Å². The van der Waals surface area contributed by atoms with E-state index in [1.54, 1.807) is 0 Å². The van der Waals surface area contributed by atoms with E-state index in [9.17, 15) is 4.79 Å². The summed E-state index contributed by atoms with van der Waals surface area (Å²) >= 11 is 5.80. The third kappa shape index (κ3) is 3.33. The predicted octanol–water partition coefficient (Wildman–Crippen LogP) is 2.64. The van der Waals surface area contributed by atoms with Gasteiger partial charge in [0, 0.05) is 30.6 Å². The average molecular weight is 293 g/mol. The highest BCUT2D eigenvalue weighted by atomic mass is 35.5. The van der Waals surface area contributed by atoms with E-state index in [0.717, 1.165) is 24.7 Å². The minimum Gasteiger partial charge on any atom is -0.352 e. The summed E-state index contributed by atoms with van der Waals surface area (Å²) in [7, 11) is 0. The maximum absolute atomic E-state index is 12.1. The van der Waals surface area contributed by atoms with Crippen LogP contribution in [0.3, 0.4) is 0 Å². The molecule has 1 saturated heterocycles. The lowest BCUT2D eigenvalue weighted by atomic mass is 10.1. The second kappa shape index (κ2) is 6.15. The van der Waals surface area contributed by atoms with Crippen LogP contribution in [0.5, 0.6) is 0 Å². The Morgan fingerprint density at radius 1 is 1.35 bits per heavy atom. The lowest BCUT2D eigenvalue weighted by Crippen LogP contribution is -2.31. The number of hydrogen-bond acceptors (Lipinski definition) is 2. The molecule has 3 rings (SSSR count). The van der Waals surface area contributed by atoms with Crippen LogP contribution in [0.4, 0.5) is 0 Å². The second-order valence-corrected chi connectivity index (χ2v) is 6.19. The van der Waals surface area contributed by atoms with Gasteiger partial charge in [-0.05, 0) is 49.4 Å². The number of nitrogens with zero attached hydrogens (tertiary/aromatic N) is 1. The topological polar surface area (TPSA) is 32.3 Å². The Morgan fingerprint density at radius 2 is 2.20 bits per heavy atom. The van der Waals surface area contributed by atoms with Crippen LogP contribution in [0.2, 0.25) is 0 Å². The Bertz CT molecular complexity index is 487. The molecule has 2 aliphatic rings. The SMILES string of the molecule is O=C(NCC1CCN(C2CC2)C1)c1cccc(CCl)c1. The fraction of sp³-hybridized carbons (Fsp3) is 0.562. The number of halogens is 1. The molecule has 2 fully saturated rings. The molecule has 0 bridgehead atoms. The predicted molar refractivity (Wildman–Crippen MR) is 81.0 cm³/mol. The van der Waals surface area contributed by atoms with E-state index < -0.39 is 0 Å². The summed E-state index contributed by atoms with van der Waals surface area (Å²) in [5.74, 6) is 1.07. The van der Waals surface area contributed by atoms with Crippen LogP contribution in [0.25, 0.3) is 0 Å². The van der Waals surface area contributed by atoms with E-state index in [1.165, 1.54) is 25.8 Å². The number of carbonyl (C=O) groups is 1. The minimum absolute atomic E-state index is 0.0156. The summed E-state index contributed by atoms with van der Waals surface area (Å²) in [6.45, 7) is 3.13. The Labute approximate surface area is 125 Å². The summed E-state index contributed by atoms with van der Waals surface area (Å²) in [6, 6.07) is 8.38. The van der Waals surface area contributed by atoms with Gasteiger partial charge in [-0.2, -0.15) is 0 Å². The second-order valence-electron chi connectivity index (χ2n) is 5.92. The van der Waals surface area contributed by atoms with Gasteiger partial charge >= 0.3 is 0 Å². The van der Waals surface area contributed by atoms with Crippen molar-refractivity contribution in [2.75, 3.05) is 19.6 Å². The van der Waals surface area contributed by atoms with Gasteiger partial charge in [-0.15, -0.1) is 11.6 Å². The minimum atomic E-state index is 0.0156. The molecule has 1 aliphatic carbocycles. The van der Waals surface area contributed by atoms with Gasteiger partial charge in [0.25, 0.3) is 5.91 Å². The van der Waals surface area contributed by atoms with E-state index in [-0.39, 0.29) is 5.91 Å². The first-order chi connectivity index (χ1) is 9.76.